The van der Waals surface area contributed by atoms with Gasteiger partial charge in [-0.3, -0.25) is 4.98 Å². The molecule has 0 saturated carbocycles. The number of nitrogens with one attached hydrogen (secondary N) is 1. The number of nitrogens with zero attached hydrogens (tertiary/aromatic N) is 2. The number of hydrogen-bond donors (Lipinski definition) is 1. The zero-order valence-corrected chi connectivity index (χ0v) is 16.4. The molecule has 1 aliphatic heterocycles. The van der Waals surface area contributed by atoms with Crippen molar-refractivity contribution in [1.82, 2.24) is 15.2 Å². The van der Waals surface area contributed by atoms with Crippen LogP contribution in [0.3, 0.4) is 0 Å². The maximum Gasteiger partial charge on any atom is 0.317 e. The fraction of sp³-hybridized carbons (Fsp3) is 0.429. The van der Waals surface area contributed by atoms with Gasteiger partial charge in [0.2, 0.25) is 0 Å². The Labute approximate surface area is 165 Å². The lowest BCUT2D eigenvalue weighted by Crippen LogP contribution is -2.46. The summed E-state index contributed by atoms with van der Waals surface area (Å²) in [5, 5.41) is 3.00. The number of carbonyl (C=O) groups is 1. The molecule has 0 aliphatic carbocycles. The average molecular weight is 385 g/mol. The quantitative estimate of drug-likeness (QED) is 0.793. The van der Waals surface area contributed by atoms with E-state index in [0.717, 1.165) is 30.6 Å². The SMILES string of the molecule is COc1ccc(CCNC(=O)N2CCC(Oc3ccncc3)CC2)cc1OC. The van der Waals surface area contributed by atoms with Crippen molar-refractivity contribution < 1.29 is 19.0 Å². The highest BCUT2D eigenvalue weighted by molar-refractivity contribution is 5.74. The van der Waals surface area contributed by atoms with Crippen LogP contribution in [0.25, 0.3) is 0 Å². The number of rotatable bonds is 7. The summed E-state index contributed by atoms with van der Waals surface area (Å²) in [4.78, 5) is 18.2. The maximum absolute atomic E-state index is 12.4. The summed E-state index contributed by atoms with van der Waals surface area (Å²) in [5.74, 6) is 2.22. The summed E-state index contributed by atoms with van der Waals surface area (Å²) in [6, 6.07) is 9.48. The van der Waals surface area contributed by atoms with Crippen molar-refractivity contribution in [2.24, 2.45) is 0 Å². The Bertz CT molecular complexity index is 762. The van der Waals surface area contributed by atoms with E-state index in [4.69, 9.17) is 14.2 Å². The lowest BCUT2D eigenvalue weighted by molar-refractivity contribution is 0.111. The second-order valence-corrected chi connectivity index (χ2v) is 6.66. The molecule has 1 aliphatic rings. The zero-order valence-electron chi connectivity index (χ0n) is 16.4. The van der Waals surface area contributed by atoms with E-state index in [-0.39, 0.29) is 12.1 Å². The van der Waals surface area contributed by atoms with Crippen molar-refractivity contribution in [2.75, 3.05) is 33.9 Å². The van der Waals surface area contributed by atoms with Crippen molar-refractivity contribution >= 4 is 6.03 Å². The lowest BCUT2D eigenvalue weighted by Gasteiger charge is -2.32. The minimum atomic E-state index is -0.0252. The third-order valence-electron chi connectivity index (χ3n) is 4.82. The van der Waals surface area contributed by atoms with E-state index in [1.54, 1.807) is 26.6 Å². The summed E-state index contributed by atoms with van der Waals surface area (Å²) < 4.78 is 16.5. The van der Waals surface area contributed by atoms with Gasteiger partial charge in [-0.05, 0) is 36.2 Å². The fourth-order valence-electron chi connectivity index (χ4n) is 3.25. The second kappa shape index (κ2) is 9.82. The number of likely N-dealkylation sites (tertiary alicyclic amines) is 1. The molecule has 1 aromatic heterocycles. The fourth-order valence-corrected chi connectivity index (χ4v) is 3.25. The van der Waals surface area contributed by atoms with Crippen LogP contribution in [-0.2, 0) is 6.42 Å². The van der Waals surface area contributed by atoms with Crippen molar-refractivity contribution in [2.45, 2.75) is 25.4 Å². The van der Waals surface area contributed by atoms with E-state index in [9.17, 15) is 4.79 Å². The molecular formula is C21H27N3O4. The smallest absolute Gasteiger partial charge is 0.317 e. The first-order valence-corrected chi connectivity index (χ1v) is 9.50. The molecule has 150 valence electrons. The molecule has 0 bridgehead atoms. The molecule has 1 fully saturated rings. The summed E-state index contributed by atoms with van der Waals surface area (Å²) in [6.45, 7) is 1.96. The van der Waals surface area contributed by atoms with E-state index < -0.39 is 0 Å². The Morgan fingerprint density at radius 2 is 1.82 bits per heavy atom. The second-order valence-electron chi connectivity index (χ2n) is 6.66. The molecule has 0 radical (unpaired) electrons. The summed E-state index contributed by atoms with van der Waals surface area (Å²) in [5.41, 5.74) is 1.09. The first-order chi connectivity index (χ1) is 13.7. The molecule has 7 heteroatoms. The Morgan fingerprint density at radius 1 is 1.11 bits per heavy atom. The summed E-state index contributed by atoms with van der Waals surface area (Å²) in [7, 11) is 3.23. The Kier molecular flexibility index (Phi) is 6.94. The monoisotopic (exact) mass is 385 g/mol. The largest absolute Gasteiger partial charge is 0.493 e. The molecule has 0 spiro atoms. The summed E-state index contributed by atoms with van der Waals surface area (Å²) >= 11 is 0. The van der Waals surface area contributed by atoms with E-state index >= 15 is 0 Å². The first-order valence-electron chi connectivity index (χ1n) is 9.50. The van der Waals surface area contributed by atoms with Gasteiger partial charge in [0.15, 0.2) is 11.5 Å². The van der Waals surface area contributed by atoms with Gasteiger partial charge in [0, 0.05) is 44.9 Å². The zero-order chi connectivity index (χ0) is 19.8. The van der Waals surface area contributed by atoms with Gasteiger partial charge in [-0.1, -0.05) is 6.07 Å². The predicted molar refractivity (Wildman–Crippen MR) is 106 cm³/mol. The molecule has 2 aromatic rings. The van der Waals surface area contributed by atoms with E-state index in [0.29, 0.717) is 31.1 Å². The number of piperidine rings is 1. The van der Waals surface area contributed by atoms with Crippen molar-refractivity contribution in [3.63, 3.8) is 0 Å². The molecule has 2 heterocycles. The predicted octanol–water partition coefficient (Wildman–Crippen LogP) is 2.89. The number of pyridine rings is 1. The first kappa shape index (κ1) is 19.8. The number of ether oxygens (including phenoxy) is 3. The van der Waals surface area contributed by atoms with Gasteiger partial charge in [-0.15, -0.1) is 0 Å². The van der Waals surface area contributed by atoms with Crippen molar-refractivity contribution in [3.05, 3.63) is 48.3 Å². The van der Waals surface area contributed by atoms with Gasteiger partial charge in [0.25, 0.3) is 0 Å². The van der Waals surface area contributed by atoms with Crippen molar-refractivity contribution in [3.8, 4) is 17.2 Å². The molecular weight excluding hydrogens is 358 g/mol. The normalized spacial score (nSPS) is 14.4. The number of hydrogen-bond acceptors (Lipinski definition) is 5. The van der Waals surface area contributed by atoms with Crippen LogP contribution in [0, 0.1) is 0 Å². The molecule has 0 atom stereocenters. The molecule has 2 amide bonds. The van der Waals surface area contributed by atoms with Crippen LogP contribution in [-0.4, -0.2) is 55.9 Å². The minimum absolute atomic E-state index is 0.0252. The number of benzene rings is 1. The minimum Gasteiger partial charge on any atom is -0.493 e. The maximum atomic E-state index is 12.4. The molecule has 1 saturated heterocycles. The van der Waals surface area contributed by atoms with Gasteiger partial charge in [0.1, 0.15) is 11.9 Å². The molecule has 1 N–H and O–H groups in total. The third-order valence-corrected chi connectivity index (χ3v) is 4.82. The van der Waals surface area contributed by atoms with Crippen LogP contribution in [0.1, 0.15) is 18.4 Å². The van der Waals surface area contributed by atoms with Crippen LogP contribution in [0.5, 0.6) is 17.2 Å². The van der Waals surface area contributed by atoms with Gasteiger partial charge in [0.05, 0.1) is 14.2 Å². The van der Waals surface area contributed by atoms with Gasteiger partial charge < -0.3 is 24.4 Å². The number of amides is 2. The highest BCUT2D eigenvalue weighted by Gasteiger charge is 2.23. The molecule has 1 aromatic carbocycles. The number of urea groups is 1. The molecule has 3 rings (SSSR count). The third kappa shape index (κ3) is 5.28. The number of carbonyl (C=O) groups excluding carboxylic acids is 1. The lowest BCUT2D eigenvalue weighted by atomic mass is 10.1. The van der Waals surface area contributed by atoms with Gasteiger partial charge >= 0.3 is 6.03 Å². The Morgan fingerprint density at radius 3 is 2.50 bits per heavy atom. The average Bonchev–Trinajstić information content (AvgIpc) is 2.74. The van der Waals surface area contributed by atoms with Crippen molar-refractivity contribution in [1.29, 1.82) is 0 Å². The molecule has 0 unspecified atom stereocenters. The number of aromatic nitrogens is 1. The van der Waals surface area contributed by atoms with E-state index in [1.807, 2.05) is 35.2 Å². The Hall–Kier alpha value is -2.96. The van der Waals surface area contributed by atoms with Crippen LogP contribution in [0.15, 0.2) is 42.7 Å². The van der Waals surface area contributed by atoms with E-state index in [1.165, 1.54) is 0 Å². The molecule has 28 heavy (non-hydrogen) atoms. The number of methoxy groups -OCH3 is 2. The van der Waals surface area contributed by atoms with Crippen LogP contribution in [0.4, 0.5) is 4.79 Å². The summed E-state index contributed by atoms with van der Waals surface area (Å²) in [6.07, 6.45) is 5.95. The highest BCUT2D eigenvalue weighted by Crippen LogP contribution is 2.27. The molecule has 7 nitrogen and oxygen atoms in total. The van der Waals surface area contributed by atoms with Crippen LogP contribution < -0.4 is 19.5 Å². The van der Waals surface area contributed by atoms with Gasteiger partial charge in [-0.2, -0.15) is 0 Å². The standard InChI is InChI=1S/C21H27N3O4/c1-26-19-4-3-16(15-20(19)27-2)5-12-23-21(25)24-13-8-18(9-14-24)28-17-6-10-22-11-7-17/h3-4,6-7,10-11,15,18H,5,8-9,12-14H2,1-2H3,(H,23,25). The van der Waals surface area contributed by atoms with Gasteiger partial charge in [-0.25, -0.2) is 4.79 Å². The van der Waals surface area contributed by atoms with Crippen LogP contribution in [0.2, 0.25) is 0 Å². The topological polar surface area (TPSA) is 72.9 Å². The highest BCUT2D eigenvalue weighted by atomic mass is 16.5. The van der Waals surface area contributed by atoms with E-state index in [2.05, 4.69) is 10.3 Å². The Balaban J connectivity index is 1.40. The van der Waals surface area contributed by atoms with Crippen LogP contribution >= 0.6 is 0 Å².